The van der Waals surface area contributed by atoms with E-state index in [1.807, 2.05) is 18.4 Å². The van der Waals surface area contributed by atoms with E-state index < -0.39 is 10.0 Å². The van der Waals surface area contributed by atoms with Crippen LogP contribution >= 0.6 is 11.3 Å². The molecular formula is C13H16N2O2S2. The molecule has 0 amide bonds. The summed E-state index contributed by atoms with van der Waals surface area (Å²) in [6.45, 7) is 2.70. The fourth-order valence-electron chi connectivity index (χ4n) is 1.63. The molecule has 2 aromatic rings. The number of nitrogens with two attached hydrogens (primary N) is 1. The molecule has 1 aromatic heterocycles. The third kappa shape index (κ3) is 3.42. The summed E-state index contributed by atoms with van der Waals surface area (Å²) >= 11 is 1.55. The van der Waals surface area contributed by atoms with Gasteiger partial charge >= 0.3 is 0 Å². The SMILES string of the molecule is Cc1ccsc1CNS(=O)(=O)c1ccc(CN)cc1. The molecule has 0 aliphatic heterocycles. The van der Waals surface area contributed by atoms with Crippen LogP contribution in [0.25, 0.3) is 0 Å². The molecule has 0 atom stereocenters. The number of hydrogen-bond donors (Lipinski definition) is 2. The van der Waals surface area contributed by atoms with Gasteiger partial charge in [0.25, 0.3) is 0 Å². The predicted octanol–water partition coefficient (Wildman–Crippen LogP) is 1.99. The van der Waals surface area contributed by atoms with Gasteiger partial charge in [-0.1, -0.05) is 12.1 Å². The Hall–Kier alpha value is -1.21. The summed E-state index contributed by atoms with van der Waals surface area (Å²) in [7, 11) is -3.46. The molecule has 1 heterocycles. The third-order valence-corrected chi connectivity index (χ3v) is 5.30. The van der Waals surface area contributed by atoms with Crippen LogP contribution in [0.4, 0.5) is 0 Å². The second-order valence-electron chi connectivity index (χ2n) is 4.20. The van der Waals surface area contributed by atoms with E-state index in [0.29, 0.717) is 13.1 Å². The van der Waals surface area contributed by atoms with Crippen molar-refractivity contribution in [1.29, 1.82) is 0 Å². The van der Waals surface area contributed by atoms with Gasteiger partial charge in [-0.25, -0.2) is 13.1 Å². The first-order chi connectivity index (χ1) is 9.03. The van der Waals surface area contributed by atoms with Crippen LogP contribution in [0, 0.1) is 6.92 Å². The zero-order valence-corrected chi connectivity index (χ0v) is 12.2. The fourth-order valence-corrected chi connectivity index (χ4v) is 3.57. The van der Waals surface area contributed by atoms with Gasteiger partial charge in [-0.05, 0) is 41.6 Å². The first-order valence-corrected chi connectivity index (χ1v) is 8.21. The standard InChI is InChI=1S/C13H16N2O2S2/c1-10-6-7-18-13(10)9-15-19(16,17)12-4-2-11(8-14)3-5-12/h2-7,15H,8-9,14H2,1H3. The van der Waals surface area contributed by atoms with E-state index in [1.165, 1.54) is 0 Å². The van der Waals surface area contributed by atoms with Crippen molar-refractivity contribution in [2.24, 2.45) is 5.73 Å². The minimum Gasteiger partial charge on any atom is -0.326 e. The Balaban J connectivity index is 2.11. The smallest absolute Gasteiger partial charge is 0.240 e. The molecule has 0 aliphatic carbocycles. The number of hydrogen-bond acceptors (Lipinski definition) is 4. The molecule has 0 saturated carbocycles. The molecule has 19 heavy (non-hydrogen) atoms. The van der Waals surface area contributed by atoms with Crippen LogP contribution in [0.5, 0.6) is 0 Å². The molecule has 0 bridgehead atoms. The van der Waals surface area contributed by atoms with Crippen LogP contribution in [-0.2, 0) is 23.1 Å². The van der Waals surface area contributed by atoms with Gasteiger partial charge in [0.15, 0.2) is 0 Å². The summed E-state index contributed by atoms with van der Waals surface area (Å²) in [5.41, 5.74) is 7.50. The Morgan fingerprint density at radius 3 is 2.42 bits per heavy atom. The van der Waals surface area contributed by atoms with Gasteiger partial charge in [-0.15, -0.1) is 11.3 Å². The third-order valence-electron chi connectivity index (χ3n) is 2.86. The van der Waals surface area contributed by atoms with E-state index in [9.17, 15) is 8.42 Å². The molecule has 102 valence electrons. The quantitative estimate of drug-likeness (QED) is 0.886. The zero-order valence-electron chi connectivity index (χ0n) is 10.6. The second-order valence-corrected chi connectivity index (χ2v) is 6.97. The zero-order chi connectivity index (χ0) is 13.9. The average molecular weight is 296 g/mol. The number of sulfonamides is 1. The van der Waals surface area contributed by atoms with Crippen LogP contribution in [0.1, 0.15) is 16.0 Å². The fraction of sp³-hybridized carbons (Fsp3) is 0.231. The lowest BCUT2D eigenvalue weighted by molar-refractivity contribution is 0.581. The van der Waals surface area contributed by atoms with Crippen molar-refractivity contribution in [3.63, 3.8) is 0 Å². The summed E-state index contributed by atoms with van der Waals surface area (Å²) in [5, 5.41) is 1.95. The van der Waals surface area contributed by atoms with Crippen molar-refractivity contribution in [3.8, 4) is 0 Å². The maximum atomic E-state index is 12.1. The van der Waals surface area contributed by atoms with Crippen molar-refractivity contribution in [2.75, 3.05) is 0 Å². The van der Waals surface area contributed by atoms with E-state index in [0.717, 1.165) is 16.0 Å². The Morgan fingerprint density at radius 1 is 1.21 bits per heavy atom. The van der Waals surface area contributed by atoms with Crippen LogP contribution in [0.3, 0.4) is 0 Å². The van der Waals surface area contributed by atoms with Crippen molar-refractivity contribution in [1.82, 2.24) is 4.72 Å². The van der Waals surface area contributed by atoms with E-state index in [4.69, 9.17) is 5.73 Å². The number of rotatable bonds is 5. The molecule has 0 aliphatic rings. The highest BCUT2D eigenvalue weighted by atomic mass is 32.2. The van der Waals surface area contributed by atoms with E-state index in [2.05, 4.69) is 4.72 Å². The van der Waals surface area contributed by atoms with E-state index in [1.54, 1.807) is 35.6 Å². The van der Waals surface area contributed by atoms with E-state index in [-0.39, 0.29) is 4.90 Å². The Morgan fingerprint density at radius 2 is 1.89 bits per heavy atom. The van der Waals surface area contributed by atoms with Crippen molar-refractivity contribution < 1.29 is 8.42 Å². The van der Waals surface area contributed by atoms with Gasteiger partial charge in [0.1, 0.15) is 0 Å². The minimum absolute atomic E-state index is 0.263. The number of aryl methyl sites for hydroxylation is 1. The first kappa shape index (κ1) is 14.2. The van der Waals surface area contributed by atoms with Crippen LogP contribution in [-0.4, -0.2) is 8.42 Å². The summed E-state index contributed by atoms with van der Waals surface area (Å²) in [6.07, 6.45) is 0. The van der Waals surface area contributed by atoms with Gasteiger partial charge in [0, 0.05) is 18.0 Å². The lowest BCUT2D eigenvalue weighted by atomic mass is 10.2. The lowest BCUT2D eigenvalue weighted by Crippen LogP contribution is -2.23. The number of benzene rings is 1. The molecule has 0 radical (unpaired) electrons. The van der Waals surface area contributed by atoms with Gasteiger partial charge in [0.2, 0.25) is 10.0 Å². The summed E-state index contributed by atoms with van der Waals surface area (Å²) < 4.78 is 26.8. The van der Waals surface area contributed by atoms with Gasteiger partial charge in [-0.3, -0.25) is 0 Å². The largest absolute Gasteiger partial charge is 0.326 e. The Kier molecular flexibility index (Phi) is 4.36. The number of thiophene rings is 1. The van der Waals surface area contributed by atoms with Crippen LogP contribution < -0.4 is 10.5 Å². The Labute approximate surface area is 117 Å². The predicted molar refractivity (Wildman–Crippen MR) is 77.4 cm³/mol. The average Bonchev–Trinajstić information content (AvgIpc) is 2.82. The molecule has 6 heteroatoms. The minimum atomic E-state index is -3.46. The topological polar surface area (TPSA) is 72.2 Å². The maximum absolute atomic E-state index is 12.1. The summed E-state index contributed by atoms with van der Waals surface area (Å²) in [4.78, 5) is 1.29. The molecule has 3 N–H and O–H groups in total. The normalized spacial score (nSPS) is 11.7. The van der Waals surface area contributed by atoms with Crippen LogP contribution in [0.2, 0.25) is 0 Å². The molecule has 2 rings (SSSR count). The molecule has 0 spiro atoms. The van der Waals surface area contributed by atoms with Crippen LogP contribution in [0.15, 0.2) is 40.6 Å². The lowest BCUT2D eigenvalue weighted by Gasteiger charge is -2.07. The van der Waals surface area contributed by atoms with Crippen molar-refractivity contribution in [2.45, 2.75) is 24.9 Å². The molecule has 0 unspecified atom stereocenters. The highest BCUT2D eigenvalue weighted by Gasteiger charge is 2.14. The molecule has 0 fully saturated rings. The monoisotopic (exact) mass is 296 g/mol. The molecule has 1 aromatic carbocycles. The van der Waals surface area contributed by atoms with Crippen molar-refractivity contribution in [3.05, 3.63) is 51.7 Å². The highest BCUT2D eigenvalue weighted by Crippen LogP contribution is 2.17. The summed E-state index contributed by atoms with van der Waals surface area (Å²) in [5.74, 6) is 0. The van der Waals surface area contributed by atoms with Crippen molar-refractivity contribution >= 4 is 21.4 Å². The first-order valence-electron chi connectivity index (χ1n) is 5.84. The van der Waals surface area contributed by atoms with E-state index >= 15 is 0 Å². The molecule has 4 nitrogen and oxygen atoms in total. The summed E-state index contributed by atoms with van der Waals surface area (Å²) in [6, 6.07) is 8.58. The highest BCUT2D eigenvalue weighted by molar-refractivity contribution is 7.89. The number of nitrogens with one attached hydrogen (secondary N) is 1. The maximum Gasteiger partial charge on any atom is 0.240 e. The van der Waals surface area contributed by atoms with Gasteiger partial charge < -0.3 is 5.73 Å². The molecule has 0 saturated heterocycles. The Bertz CT molecular complexity index is 646. The van der Waals surface area contributed by atoms with Gasteiger partial charge in [-0.2, -0.15) is 0 Å². The second kappa shape index (κ2) is 5.83. The molecular weight excluding hydrogens is 280 g/mol. The van der Waals surface area contributed by atoms with Gasteiger partial charge in [0.05, 0.1) is 4.90 Å².